The molecule has 8 heteroatoms. The van der Waals surface area contributed by atoms with Crippen LogP contribution in [0.5, 0.6) is 0 Å². The third kappa shape index (κ3) is 4.76. The van der Waals surface area contributed by atoms with Gasteiger partial charge in [0.1, 0.15) is 0 Å². The molecule has 3 aromatic rings. The lowest BCUT2D eigenvalue weighted by Crippen LogP contribution is -2.27. The first-order chi connectivity index (χ1) is 13.4. The smallest absolute Gasteiger partial charge is 0.263 e. The number of anilines is 1. The van der Waals surface area contributed by atoms with Crippen LogP contribution in [-0.2, 0) is 21.2 Å². The van der Waals surface area contributed by atoms with Gasteiger partial charge in [-0.2, -0.15) is 0 Å². The minimum absolute atomic E-state index is 0.0568. The summed E-state index contributed by atoms with van der Waals surface area (Å²) in [6, 6.07) is 16.4. The van der Waals surface area contributed by atoms with Gasteiger partial charge in [-0.15, -0.1) is 11.3 Å². The zero-order chi connectivity index (χ0) is 20.1. The second-order valence-corrected chi connectivity index (χ2v) is 8.77. The molecule has 0 saturated carbocycles. The van der Waals surface area contributed by atoms with Crippen molar-refractivity contribution in [2.24, 2.45) is 0 Å². The molecule has 146 valence electrons. The molecule has 0 aliphatic rings. The van der Waals surface area contributed by atoms with Crippen LogP contribution in [-0.4, -0.2) is 37.8 Å². The summed E-state index contributed by atoms with van der Waals surface area (Å²) in [5.41, 5.74) is 2.51. The van der Waals surface area contributed by atoms with E-state index in [-0.39, 0.29) is 22.4 Å². The van der Waals surface area contributed by atoms with Crippen molar-refractivity contribution in [1.82, 2.24) is 9.88 Å². The quantitative estimate of drug-likeness (QED) is 0.639. The van der Waals surface area contributed by atoms with Crippen molar-refractivity contribution in [2.75, 3.05) is 18.3 Å². The summed E-state index contributed by atoms with van der Waals surface area (Å²) < 4.78 is 27.7. The lowest BCUT2D eigenvalue weighted by Gasteiger charge is -2.12. The first kappa shape index (κ1) is 20.0. The Morgan fingerprint density at radius 3 is 2.36 bits per heavy atom. The first-order valence-corrected chi connectivity index (χ1v) is 11.1. The Morgan fingerprint density at radius 1 is 1.07 bits per heavy atom. The third-order valence-corrected chi connectivity index (χ3v) is 6.57. The number of benzene rings is 2. The molecule has 2 aromatic carbocycles. The Bertz CT molecular complexity index is 1050. The summed E-state index contributed by atoms with van der Waals surface area (Å²) in [5.74, 6) is -0.0568. The van der Waals surface area contributed by atoms with E-state index in [0.29, 0.717) is 12.2 Å². The van der Waals surface area contributed by atoms with Gasteiger partial charge >= 0.3 is 0 Å². The van der Waals surface area contributed by atoms with E-state index in [2.05, 4.69) is 9.71 Å². The number of nitrogens with one attached hydrogen (secondary N) is 1. The maximum absolute atomic E-state index is 12.6. The molecule has 0 bridgehead atoms. The molecule has 0 aliphatic heterocycles. The van der Waals surface area contributed by atoms with Crippen molar-refractivity contribution < 1.29 is 13.2 Å². The molecule has 1 aromatic heterocycles. The van der Waals surface area contributed by atoms with Crippen LogP contribution in [0, 0.1) is 0 Å². The number of hydrogen-bond acceptors (Lipinski definition) is 5. The second-order valence-electron chi connectivity index (χ2n) is 6.22. The monoisotopic (exact) mass is 415 g/mol. The van der Waals surface area contributed by atoms with E-state index >= 15 is 0 Å². The molecule has 1 N–H and O–H groups in total. The number of hydrogen-bond donors (Lipinski definition) is 1. The SMILES string of the molecule is CCN(C)C(=O)Cc1csc(NS(=O)(=O)c2ccc(-c3ccccc3)cc2)n1. The van der Waals surface area contributed by atoms with Crippen LogP contribution < -0.4 is 4.72 Å². The fourth-order valence-corrected chi connectivity index (χ4v) is 4.50. The Morgan fingerprint density at radius 2 is 1.71 bits per heavy atom. The zero-order valence-corrected chi connectivity index (χ0v) is 17.3. The molecule has 28 heavy (non-hydrogen) atoms. The van der Waals surface area contributed by atoms with Gasteiger partial charge in [0.15, 0.2) is 5.13 Å². The average molecular weight is 416 g/mol. The van der Waals surface area contributed by atoms with Gasteiger partial charge in [-0.3, -0.25) is 9.52 Å². The molecule has 0 saturated heterocycles. The van der Waals surface area contributed by atoms with Crippen LogP contribution in [0.2, 0.25) is 0 Å². The van der Waals surface area contributed by atoms with Crippen molar-refractivity contribution in [3.63, 3.8) is 0 Å². The molecule has 0 aliphatic carbocycles. The lowest BCUT2D eigenvalue weighted by molar-refractivity contribution is -0.129. The minimum atomic E-state index is -3.75. The molecular formula is C20H21N3O3S2. The number of rotatable bonds is 7. The summed E-state index contributed by atoms with van der Waals surface area (Å²) >= 11 is 1.16. The highest BCUT2D eigenvalue weighted by Gasteiger charge is 2.17. The number of aromatic nitrogens is 1. The maximum atomic E-state index is 12.6. The lowest BCUT2D eigenvalue weighted by atomic mass is 10.1. The van der Waals surface area contributed by atoms with Crippen LogP contribution in [0.3, 0.4) is 0 Å². The number of sulfonamides is 1. The Balaban J connectivity index is 1.71. The van der Waals surface area contributed by atoms with E-state index < -0.39 is 10.0 Å². The van der Waals surface area contributed by atoms with E-state index in [1.54, 1.807) is 41.6 Å². The van der Waals surface area contributed by atoms with Gasteiger partial charge in [0.2, 0.25) is 5.91 Å². The summed E-state index contributed by atoms with van der Waals surface area (Å²) in [6.07, 6.45) is 0.147. The fraction of sp³-hybridized carbons (Fsp3) is 0.200. The van der Waals surface area contributed by atoms with Gasteiger partial charge in [-0.1, -0.05) is 42.5 Å². The Kier molecular flexibility index (Phi) is 6.11. The first-order valence-electron chi connectivity index (χ1n) is 8.75. The van der Waals surface area contributed by atoms with Crippen LogP contribution in [0.25, 0.3) is 11.1 Å². The van der Waals surface area contributed by atoms with E-state index in [0.717, 1.165) is 22.5 Å². The highest BCUT2D eigenvalue weighted by molar-refractivity contribution is 7.93. The summed E-state index contributed by atoms with van der Waals surface area (Å²) in [4.78, 5) is 17.9. The molecule has 0 unspecified atom stereocenters. The molecular weight excluding hydrogens is 394 g/mol. The largest absolute Gasteiger partial charge is 0.346 e. The molecule has 0 atom stereocenters. The Hall–Kier alpha value is -2.71. The molecule has 3 rings (SSSR count). The van der Waals surface area contributed by atoms with Crippen molar-refractivity contribution >= 4 is 32.4 Å². The number of likely N-dealkylation sites (N-methyl/N-ethyl adjacent to an activating group) is 1. The Labute approximate surface area is 168 Å². The third-order valence-electron chi connectivity index (χ3n) is 4.28. The number of nitrogens with zero attached hydrogens (tertiary/aromatic N) is 2. The molecule has 1 heterocycles. The summed E-state index contributed by atoms with van der Waals surface area (Å²) in [6.45, 7) is 2.50. The highest BCUT2D eigenvalue weighted by Crippen LogP contribution is 2.24. The van der Waals surface area contributed by atoms with Gasteiger partial charge in [-0.05, 0) is 30.2 Å². The molecule has 0 spiro atoms. The average Bonchev–Trinajstić information content (AvgIpc) is 3.14. The normalized spacial score (nSPS) is 11.2. The molecule has 0 fully saturated rings. The number of thiazole rings is 1. The number of carbonyl (C=O) groups excluding carboxylic acids is 1. The predicted octanol–water partition coefficient (Wildman–Crippen LogP) is 3.63. The van der Waals surface area contributed by atoms with Crippen LogP contribution in [0.1, 0.15) is 12.6 Å². The van der Waals surface area contributed by atoms with Gasteiger partial charge in [0.25, 0.3) is 10.0 Å². The minimum Gasteiger partial charge on any atom is -0.346 e. The van der Waals surface area contributed by atoms with Gasteiger partial charge in [0, 0.05) is 19.0 Å². The fourth-order valence-electron chi connectivity index (χ4n) is 2.53. The van der Waals surface area contributed by atoms with Crippen LogP contribution in [0.4, 0.5) is 5.13 Å². The topological polar surface area (TPSA) is 79.4 Å². The summed E-state index contributed by atoms with van der Waals surface area (Å²) in [7, 11) is -2.03. The number of amides is 1. The van der Waals surface area contributed by atoms with Crippen LogP contribution >= 0.6 is 11.3 Å². The van der Waals surface area contributed by atoms with E-state index in [9.17, 15) is 13.2 Å². The van der Waals surface area contributed by atoms with Crippen LogP contribution in [0.15, 0.2) is 64.9 Å². The highest BCUT2D eigenvalue weighted by atomic mass is 32.2. The van der Waals surface area contributed by atoms with E-state index in [1.807, 2.05) is 37.3 Å². The van der Waals surface area contributed by atoms with Crippen molar-refractivity contribution in [1.29, 1.82) is 0 Å². The van der Waals surface area contributed by atoms with E-state index in [4.69, 9.17) is 0 Å². The maximum Gasteiger partial charge on any atom is 0.263 e. The van der Waals surface area contributed by atoms with Crippen molar-refractivity contribution in [2.45, 2.75) is 18.2 Å². The molecule has 1 amide bonds. The van der Waals surface area contributed by atoms with Gasteiger partial charge < -0.3 is 4.90 Å². The van der Waals surface area contributed by atoms with Gasteiger partial charge in [-0.25, -0.2) is 13.4 Å². The number of carbonyl (C=O) groups is 1. The predicted molar refractivity (Wildman–Crippen MR) is 112 cm³/mol. The van der Waals surface area contributed by atoms with Crippen molar-refractivity contribution in [3.8, 4) is 11.1 Å². The standard InChI is InChI=1S/C20H21N3O3S2/c1-3-23(2)19(24)13-17-14-27-20(21-17)22-28(25,26)18-11-9-16(10-12-18)15-7-5-4-6-8-15/h4-12,14H,3,13H2,1-2H3,(H,21,22). The second kappa shape index (κ2) is 8.53. The van der Waals surface area contributed by atoms with E-state index in [1.165, 1.54) is 0 Å². The molecule has 6 nitrogen and oxygen atoms in total. The molecule has 0 radical (unpaired) electrons. The summed E-state index contributed by atoms with van der Waals surface area (Å²) in [5, 5.41) is 1.94. The van der Waals surface area contributed by atoms with Crippen molar-refractivity contribution in [3.05, 3.63) is 65.7 Å². The van der Waals surface area contributed by atoms with Gasteiger partial charge in [0.05, 0.1) is 17.0 Å². The zero-order valence-electron chi connectivity index (χ0n) is 15.6.